The van der Waals surface area contributed by atoms with Gasteiger partial charge in [-0.15, -0.1) is 24.0 Å². The highest BCUT2D eigenvalue weighted by Gasteiger charge is 2.09. The number of hydrogen-bond donors (Lipinski definition) is 2. The lowest BCUT2D eigenvalue weighted by Crippen LogP contribution is -2.40. The molecule has 2 N–H and O–H groups in total. The molecule has 1 rings (SSSR count). The van der Waals surface area contributed by atoms with Crippen LogP contribution in [0.3, 0.4) is 0 Å². The second-order valence-corrected chi connectivity index (χ2v) is 6.23. The highest BCUT2D eigenvalue weighted by atomic mass is 127. The zero-order chi connectivity index (χ0) is 19.0. The number of benzene rings is 1. The third-order valence-corrected chi connectivity index (χ3v) is 3.94. The van der Waals surface area contributed by atoms with Crippen molar-refractivity contribution in [1.82, 2.24) is 15.5 Å². The van der Waals surface area contributed by atoms with Gasteiger partial charge in [0.25, 0.3) is 0 Å². The summed E-state index contributed by atoms with van der Waals surface area (Å²) >= 11 is 0. The van der Waals surface area contributed by atoms with Crippen molar-refractivity contribution in [3.8, 4) is 0 Å². The number of ether oxygens (including phenoxy) is 1. The Morgan fingerprint density at radius 1 is 1.11 bits per heavy atom. The monoisotopic (exact) mass is 490 g/mol. The van der Waals surface area contributed by atoms with Crippen molar-refractivity contribution < 1.29 is 9.53 Å². The van der Waals surface area contributed by atoms with Gasteiger partial charge >= 0.3 is 0 Å². The Kier molecular flexibility index (Phi) is 16.0. The molecular formula is C20H35IN4O2. The Bertz CT molecular complexity index is 526. The molecule has 0 bridgehead atoms. The molecular weight excluding hydrogens is 455 g/mol. The maximum absolute atomic E-state index is 12.2. The number of guanidine groups is 1. The molecule has 0 saturated carbocycles. The van der Waals surface area contributed by atoms with Crippen LogP contribution < -0.4 is 10.6 Å². The summed E-state index contributed by atoms with van der Waals surface area (Å²) in [6.45, 7) is 5.74. The largest absolute Gasteiger partial charge is 0.381 e. The summed E-state index contributed by atoms with van der Waals surface area (Å²) in [7, 11) is 3.57. The van der Waals surface area contributed by atoms with Gasteiger partial charge in [0.05, 0.1) is 0 Å². The number of amides is 1. The minimum absolute atomic E-state index is 0. The summed E-state index contributed by atoms with van der Waals surface area (Å²) in [5.74, 6) is 0.832. The van der Waals surface area contributed by atoms with Gasteiger partial charge in [0.1, 0.15) is 0 Å². The van der Waals surface area contributed by atoms with Crippen LogP contribution in [0.5, 0.6) is 0 Å². The van der Waals surface area contributed by atoms with E-state index in [1.807, 2.05) is 37.4 Å². The molecule has 0 fully saturated rings. The number of carbonyl (C=O) groups is 1. The molecule has 27 heavy (non-hydrogen) atoms. The first kappa shape index (κ1) is 25.6. The Morgan fingerprint density at radius 2 is 1.78 bits per heavy atom. The number of nitrogens with one attached hydrogen (secondary N) is 2. The summed E-state index contributed by atoms with van der Waals surface area (Å²) in [6, 6.07) is 10.0. The van der Waals surface area contributed by atoms with Gasteiger partial charge in [0, 0.05) is 53.4 Å². The SMILES string of the molecule is CCCCOCCCNC(=NC)NCCC(=O)N(C)Cc1ccccc1.I. The van der Waals surface area contributed by atoms with Crippen molar-refractivity contribution in [2.24, 2.45) is 4.99 Å². The van der Waals surface area contributed by atoms with E-state index in [0.29, 0.717) is 19.5 Å². The molecule has 1 amide bonds. The first-order chi connectivity index (χ1) is 12.7. The number of hydrogen-bond acceptors (Lipinski definition) is 3. The van der Waals surface area contributed by atoms with Crippen LogP contribution >= 0.6 is 24.0 Å². The molecule has 0 aliphatic carbocycles. The smallest absolute Gasteiger partial charge is 0.224 e. The van der Waals surface area contributed by atoms with Crippen molar-refractivity contribution in [3.05, 3.63) is 35.9 Å². The number of nitrogens with zero attached hydrogens (tertiary/aromatic N) is 2. The van der Waals surface area contributed by atoms with E-state index >= 15 is 0 Å². The van der Waals surface area contributed by atoms with Gasteiger partial charge in [0.2, 0.25) is 5.91 Å². The molecule has 0 radical (unpaired) electrons. The normalized spacial score (nSPS) is 10.9. The lowest BCUT2D eigenvalue weighted by molar-refractivity contribution is -0.130. The summed E-state index contributed by atoms with van der Waals surface area (Å²) in [6.07, 6.45) is 3.64. The van der Waals surface area contributed by atoms with Gasteiger partial charge < -0.3 is 20.3 Å². The van der Waals surface area contributed by atoms with E-state index in [9.17, 15) is 4.79 Å². The number of aliphatic imine (C=N–C) groups is 1. The standard InChI is InChI=1S/C20H34N4O2.HI/c1-4-5-15-26-16-9-13-22-20(21-2)23-14-12-19(25)24(3)17-18-10-7-6-8-11-18;/h6-8,10-11H,4-5,9,12-17H2,1-3H3,(H2,21,22,23);1H. The van der Waals surface area contributed by atoms with Gasteiger partial charge in [0.15, 0.2) is 5.96 Å². The lowest BCUT2D eigenvalue weighted by atomic mass is 10.2. The third kappa shape index (κ3) is 12.6. The van der Waals surface area contributed by atoms with Gasteiger partial charge in [-0.05, 0) is 18.4 Å². The van der Waals surface area contributed by atoms with Gasteiger partial charge in [-0.2, -0.15) is 0 Å². The molecule has 1 aromatic carbocycles. The van der Waals surface area contributed by atoms with Gasteiger partial charge in [-0.3, -0.25) is 9.79 Å². The zero-order valence-electron chi connectivity index (χ0n) is 16.9. The van der Waals surface area contributed by atoms with Crippen LogP contribution in [-0.4, -0.2) is 57.2 Å². The van der Waals surface area contributed by atoms with Gasteiger partial charge in [-0.25, -0.2) is 0 Å². The molecule has 0 heterocycles. The van der Waals surface area contributed by atoms with Crippen LogP contribution in [0, 0.1) is 0 Å². The predicted octanol–water partition coefficient (Wildman–Crippen LogP) is 3.02. The Hall–Kier alpha value is -1.35. The summed E-state index contributed by atoms with van der Waals surface area (Å²) in [4.78, 5) is 18.1. The van der Waals surface area contributed by atoms with Gasteiger partial charge in [-0.1, -0.05) is 43.7 Å². The van der Waals surface area contributed by atoms with Crippen molar-refractivity contribution >= 4 is 35.8 Å². The van der Waals surface area contributed by atoms with Crippen molar-refractivity contribution in [1.29, 1.82) is 0 Å². The fourth-order valence-corrected chi connectivity index (χ4v) is 2.37. The maximum Gasteiger partial charge on any atom is 0.224 e. The van der Waals surface area contributed by atoms with Crippen LogP contribution in [0.25, 0.3) is 0 Å². The maximum atomic E-state index is 12.2. The fraction of sp³-hybridized carbons (Fsp3) is 0.600. The summed E-state index contributed by atoms with van der Waals surface area (Å²) in [5, 5.41) is 6.42. The predicted molar refractivity (Wildman–Crippen MR) is 123 cm³/mol. The Labute approximate surface area is 181 Å². The Morgan fingerprint density at radius 3 is 2.44 bits per heavy atom. The van der Waals surface area contributed by atoms with E-state index in [2.05, 4.69) is 22.5 Å². The number of halogens is 1. The van der Waals surface area contributed by atoms with E-state index < -0.39 is 0 Å². The van der Waals surface area contributed by atoms with Crippen LogP contribution in [0.4, 0.5) is 0 Å². The Balaban J connectivity index is 0.00000676. The molecule has 0 spiro atoms. The van der Waals surface area contributed by atoms with Crippen LogP contribution in [0.15, 0.2) is 35.3 Å². The molecule has 0 saturated heterocycles. The number of carbonyl (C=O) groups excluding carboxylic acids is 1. The summed E-state index contributed by atoms with van der Waals surface area (Å²) < 4.78 is 5.53. The van der Waals surface area contributed by atoms with Crippen LogP contribution in [0.2, 0.25) is 0 Å². The molecule has 1 aromatic rings. The first-order valence-electron chi connectivity index (χ1n) is 9.47. The molecule has 0 aromatic heterocycles. The van der Waals surface area contributed by atoms with E-state index in [0.717, 1.165) is 50.5 Å². The van der Waals surface area contributed by atoms with Crippen molar-refractivity contribution in [2.75, 3.05) is 40.4 Å². The van der Waals surface area contributed by atoms with Crippen molar-refractivity contribution in [2.45, 2.75) is 39.2 Å². The van der Waals surface area contributed by atoms with E-state index in [1.54, 1.807) is 11.9 Å². The third-order valence-electron chi connectivity index (χ3n) is 3.94. The zero-order valence-corrected chi connectivity index (χ0v) is 19.2. The minimum Gasteiger partial charge on any atom is -0.381 e. The van der Waals surface area contributed by atoms with Crippen LogP contribution in [-0.2, 0) is 16.1 Å². The average Bonchev–Trinajstić information content (AvgIpc) is 2.66. The molecule has 0 aliphatic rings. The lowest BCUT2D eigenvalue weighted by Gasteiger charge is -2.18. The van der Waals surface area contributed by atoms with Crippen LogP contribution in [0.1, 0.15) is 38.2 Å². The quantitative estimate of drug-likeness (QED) is 0.205. The average molecular weight is 490 g/mol. The van der Waals surface area contributed by atoms with Crippen molar-refractivity contribution in [3.63, 3.8) is 0 Å². The number of rotatable bonds is 12. The molecule has 0 unspecified atom stereocenters. The molecule has 154 valence electrons. The number of unbranched alkanes of at least 4 members (excludes halogenated alkanes) is 1. The molecule has 6 nitrogen and oxygen atoms in total. The van der Waals surface area contributed by atoms with E-state index in [4.69, 9.17) is 4.74 Å². The second-order valence-electron chi connectivity index (χ2n) is 6.23. The molecule has 7 heteroatoms. The first-order valence-corrected chi connectivity index (χ1v) is 9.47. The molecule has 0 aliphatic heterocycles. The molecule has 0 atom stereocenters. The highest BCUT2D eigenvalue weighted by Crippen LogP contribution is 2.03. The fourth-order valence-electron chi connectivity index (χ4n) is 2.37. The second kappa shape index (κ2) is 16.8. The summed E-state index contributed by atoms with van der Waals surface area (Å²) in [5.41, 5.74) is 1.13. The highest BCUT2D eigenvalue weighted by molar-refractivity contribution is 14.0. The van der Waals surface area contributed by atoms with E-state index in [-0.39, 0.29) is 29.9 Å². The topological polar surface area (TPSA) is 66.0 Å². The van der Waals surface area contributed by atoms with E-state index in [1.165, 1.54) is 0 Å². The minimum atomic E-state index is 0.